The Balaban J connectivity index is 0.000000845. The third-order valence-electron chi connectivity index (χ3n) is 10.0. The molecule has 1 saturated heterocycles. The summed E-state index contributed by atoms with van der Waals surface area (Å²) in [5.74, 6) is 4.06. The van der Waals surface area contributed by atoms with E-state index in [1.807, 2.05) is 27.7 Å². The van der Waals surface area contributed by atoms with Gasteiger partial charge in [0.15, 0.2) is 0 Å². The molecule has 1 aliphatic heterocycles. The second-order valence-corrected chi connectivity index (χ2v) is 12.4. The predicted octanol–water partition coefficient (Wildman–Crippen LogP) is 8.32. The third-order valence-corrected chi connectivity index (χ3v) is 10.0. The number of hydrogen-bond donors (Lipinski definition) is 0. The van der Waals surface area contributed by atoms with Gasteiger partial charge in [-0.2, -0.15) is 0 Å². The summed E-state index contributed by atoms with van der Waals surface area (Å²) in [6.45, 7) is 18.5. The highest BCUT2D eigenvalue weighted by Gasteiger charge is 2.53. The largest absolute Gasteiger partial charge is 0.367 e. The molecule has 0 aromatic heterocycles. The van der Waals surface area contributed by atoms with Crippen LogP contribution in [0, 0.1) is 29.1 Å². The number of nitrogens with zero attached hydrogens (tertiary/aromatic N) is 2. The van der Waals surface area contributed by atoms with Crippen LogP contribution in [0.4, 0.5) is 0 Å². The van der Waals surface area contributed by atoms with E-state index in [1.165, 1.54) is 43.9 Å². The van der Waals surface area contributed by atoms with E-state index in [0.717, 1.165) is 36.8 Å². The van der Waals surface area contributed by atoms with Crippen LogP contribution >= 0.6 is 0 Å². The summed E-state index contributed by atoms with van der Waals surface area (Å²) in [5, 5.41) is 0. The molecule has 7 rings (SSSR count). The Morgan fingerprint density at radius 3 is 1.59 bits per heavy atom. The normalized spacial score (nSPS) is 28.8. The highest BCUT2D eigenvalue weighted by Crippen LogP contribution is 2.62. The highest BCUT2D eigenvalue weighted by molar-refractivity contribution is 5.29. The van der Waals surface area contributed by atoms with Crippen LogP contribution < -0.4 is 0 Å². The molecule has 0 amide bonds. The lowest BCUT2D eigenvalue weighted by Crippen LogP contribution is -2.53. The molecule has 5 aliphatic rings. The van der Waals surface area contributed by atoms with Crippen LogP contribution in [-0.4, -0.2) is 55.7 Å². The van der Waals surface area contributed by atoms with Crippen molar-refractivity contribution < 1.29 is 4.74 Å². The minimum atomic E-state index is 0.0137. The molecule has 1 heterocycles. The van der Waals surface area contributed by atoms with Gasteiger partial charge < -0.3 is 9.64 Å². The van der Waals surface area contributed by atoms with Crippen LogP contribution in [0.1, 0.15) is 90.4 Å². The quantitative estimate of drug-likeness (QED) is 0.323. The topological polar surface area (TPSA) is 15.7 Å². The third kappa shape index (κ3) is 7.54. The summed E-state index contributed by atoms with van der Waals surface area (Å²) in [6, 6.07) is 21.3. The number of benzene rings is 2. The second kappa shape index (κ2) is 14.8. The number of hydrogen-bond acceptors (Lipinski definition) is 3. The maximum Gasteiger partial charge on any atom is 0.108 e. The van der Waals surface area contributed by atoms with Crippen molar-refractivity contribution in [2.24, 2.45) is 29.1 Å². The molecule has 0 radical (unpaired) electrons. The zero-order valence-electron chi connectivity index (χ0n) is 25.7. The van der Waals surface area contributed by atoms with Crippen molar-refractivity contribution in [3.63, 3.8) is 0 Å². The molecule has 5 fully saturated rings. The Bertz CT molecular complexity index is 862. The van der Waals surface area contributed by atoms with Gasteiger partial charge in [0.25, 0.3) is 0 Å². The minimum Gasteiger partial charge on any atom is -0.367 e. The molecule has 3 nitrogen and oxygen atoms in total. The fraction of sp³-hybridized carbons (Fsp3) is 0.667. The zero-order valence-corrected chi connectivity index (χ0v) is 25.7. The lowest BCUT2D eigenvalue weighted by molar-refractivity contribution is -0.0905. The first-order valence-electron chi connectivity index (χ1n) is 16.3. The van der Waals surface area contributed by atoms with E-state index in [1.54, 1.807) is 38.5 Å². The first-order chi connectivity index (χ1) is 19.2. The zero-order chi connectivity index (χ0) is 27.7. The van der Waals surface area contributed by atoms with E-state index >= 15 is 0 Å². The fourth-order valence-electron chi connectivity index (χ4n) is 8.50. The average molecular weight is 533 g/mol. The van der Waals surface area contributed by atoms with Crippen LogP contribution in [0.2, 0.25) is 0 Å². The smallest absolute Gasteiger partial charge is 0.108 e. The van der Waals surface area contributed by atoms with E-state index in [4.69, 9.17) is 4.74 Å². The molecular weight excluding hydrogens is 476 g/mol. The molecule has 0 N–H and O–H groups in total. The molecule has 1 unspecified atom stereocenters. The van der Waals surface area contributed by atoms with Gasteiger partial charge in [-0.3, -0.25) is 4.90 Å². The van der Waals surface area contributed by atoms with Gasteiger partial charge in [0.1, 0.15) is 6.10 Å². The van der Waals surface area contributed by atoms with Gasteiger partial charge in [-0.1, -0.05) is 95.3 Å². The predicted molar refractivity (Wildman–Crippen MR) is 166 cm³/mol. The molecule has 3 heteroatoms. The molecule has 2 aromatic rings. The summed E-state index contributed by atoms with van der Waals surface area (Å²) in [7, 11) is 0. The molecule has 0 spiro atoms. The standard InChI is InChI=1S/C32H44N2O.2C2H6/c1-25(32-21-26-18-27(22-32)20-28(19-26)23-32)24-34-14-12-33(13-15-34)16-17-35-31(29-8-4-2-5-9-29)30-10-6-3-7-11-30;2*1-2/h2-11,25-28,31H,12-24H2,1H3;2*1-2H3. The maximum absolute atomic E-state index is 6.49. The Hall–Kier alpha value is -1.68. The van der Waals surface area contributed by atoms with Crippen molar-refractivity contribution in [2.75, 3.05) is 45.9 Å². The summed E-state index contributed by atoms with van der Waals surface area (Å²) in [6.07, 6.45) is 9.32. The van der Waals surface area contributed by atoms with Crippen molar-refractivity contribution in [1.82, 2.24) is 9.80 Å². The van der Waals surface area contributed by atoms with E-state index in [2.05, 4.69) is 77.4 Å². The summed E-state index contributed by atoms with van der Waals surface area (Å²) < 4.78 is 6.49. The van der Waals surface area contributed by atoms with Crippen LogP contribution in [0.3, 0.4) is 0 Å². The van der Waals surface area contributed by atoms with Crippen LogP contribution in [0.5, 0.6) is 0 Å². The Morgan fingerprint density at radius 1 is 0.692 bits per heavy atom. The minimum absolute atomic E-state index is 0.0137. The summed E-state index contributed by atoms with van der Waals surface area (Å²) in [4.78, 5) is 5.39. The Kier molecular flexibility index (Phi) is 11.5. The summed E-state index contributed by atoms with van der Waals surface area (Å²) in [5.41, 5.74) is 3.16. The van der Waals surface area contributed by atoms with Gasteiger partial charge in [0.2, 0.25) is 0 Å². The van der Waals surface area contributed by atoms with Crippen molar-refractivity contribution in [3.05, 3.63) is 71.8 Å². The van der Waals surface area contributed by atoms with Gasteiger partial charge in [-0.05, 0) is 78.7 Å². The molecule has 1 atom stereocenters. The van der Waals surface area contributed by atoms with E-state index in [-0.39, 0.29) is 6.10 Å². The fourth-order valence-corrected chi connectivity index (χ4v) is 8.50. The lowest BCUT2D eigenvalue weighted by Gasteiger charge is -2.59. The summed E-state index contributed by atoms with van der Waals surface area (Å²) >= 11 is 0. The number of ether oxygens (including phenoxy) is 1. The SMILES string of the molecule is CC.CC.CC(CN1CCN(CCOC(c2ccccc2)c2ccccc2)CC1)C12CC3CC(CC(C3)C1)C2. The second-order valence-electron chi connectivity index (χ2n) is 12.4. The molecule has 39 heavy (non-hydrogen) atoms. The van der Waals surface area contributed by atoms with Crippen LogP contribution in [-0.2, 0) is 4.74 Å². The molecule has 2 aromatic carbocycles. The molecule has 216 valence electrons. The lowest BCUT2D eigenvalue weighted by atomic mass is 9.46. The van der Waals surface area contributed by atoms with Gasteiger partial charge in [-0.25, -0.2) is 0 Å². The molecule has 4 aliphatic carbocycles. The number of rotatable bonds is 9. The number of piperazine rings is 1. The van der Waals surface area contributed by atoms with Crippen LogP contribution in [0.25, 0.3) is 0 Å². The van der Waals surface area contributed by atoms with Crippen molar-refractivity contribution in [3.8, 4) is 0 Å². The van der Waals surface area contributed by atoms with E-state index in [9.17, 15) is 0 Å². The highest BCUT2D eigenvalue weighted by atomic mass is 16.5. The maximum atomic E-state index is 6.49. The molecular formula is C36H56N2O. The first-order valence-corrected chi connectivity index (χ1v) is 16.3. The molecule has 4 saturated carbocycles. The Morgan fingerprint density at radius 2 is 1.13 bits per heavy atom. The van der Waals surface area contributed by atoms with Crippen molar-refractivity contribution >= 4 is 0 Å². The average Bonchev–Trinajstić information content (AvgIpc) is 2.98. The van der Waals surface area contributed by atoms with E-state index in [0.29, 0.717) is 5.41 Å². The van der Waals surface area contributed by atoms with Crippen LogP contribution in [0.15, 0.2) is 60.7 Å². The van der Waals surface area contributed by atoms with Gasteiger partial charge >= 0.3 is 0 Å². The van der Waals surface area contributed by atoms with Crippen molar-refractivity contribution in [1.29, 1.82) is 0 Å². The molecule has 4 bridgehead atoms. The monoisotopic (exact) mass is 532 g/mol. The van der Waals surface area contributed by atoms with Gasteiger partial charge in [0, 0.05) is 39.3 Å². The van der Waals surface area contributed by atoms with E-state index < -0.39 is 0 Å². The van der Waals surface area contributed by atoms with Crippen molar-refractivity contribution in [2.45, 2.75) is 79.2 Å². The van der Waals surface area contributed by atoms with Gasteiger partial charge in [0.05, 0.1) is 6.61 Å². The Labute approximate surface area is 240 Å². The first kappa shape index (κ1) is 30.3. The van der Waals surface area contributed by atoms with Gasteiger partial charge in [-0.15, -0.1) is 0 Å².